The van der Waals surface area contributed by atoms with Gasteiger partial charge in [0, 0.05) is 13.2 Å². The highest BCUT2D eigenvalue weighted by Crippen LogP contribution is 2.04. The van der Waals surface area contributed by atoms with E-state index >= 15 is 0 Å². The average molecular weight is 338 g/mol. The lowest BCUT2D eigenvalue weighted by Gasteiger charge is -2.18. The molecular weight excluding hydrogens is 308 g/mol. The summed E-state index contributed by atoms with van der Waals surface area (Å²) in [6, 6.07) is -0.375. The van der Waals surface area contributed by atoms with Gasteiger partial charge in [-0.2, -0.15) is 0 Å². The number of carbonyl (C=O) groups is 1. The normalized spacial score (nSPS) is 14.8. The SMILES string of the molecule is C[Si](O)(O)CCCOCC(O)CN[C@@H](CCCCN)C(=O)O. The zero-order valence-corrected chi connectivity index (χ0v) is 14.2. The Morgan fingerprint density at radius 3 is 2.55 bits per heavy atom. The number of unbranched alkanes of at least 4 members (excludes halogenated alkanes) is 1. The number of carboxylic acids is 1. The summed E-state index contributed by atoms with van der Waals surface area (Å²) in [5.41, 5.74) is 5.37. The Balaban J connectivity index is 3.76. The second kappa shape index (κ2) is 11.9. The maximum absolute atomic E-state index is 11.0. The fraction of sp³-hybridized carbons (Fsp3) is 0.923. The molecule has 7 N–H and O–H groups in total. The first-order valence-electron chi connectivity index (χ1n) is 7.63. The van der Waals surface area contributed by atoms with Gasteiger partial charge < -0.3 is 35.6 Å². The molecule has 0 aromatic heterocycles. The van der Waals surface area contributed by atoms with Crippen LogP contribution >= 0.6 is 0 Å². The fourth-order valence-corrected chi connectivity index (χ4v) is 2.69. The summed E-state index contributed by atoms with van der Waals surface area (Å²) in [5, 5.41) is 21.6. The van der Waals surface area contributed by atoms with Crippen LogP contribution in [0.5, 0.6) is 0 Å². The first-order valence-corrected chi connectivity index (χ1v) is 10.2. The standard InChI is InChI=1S/C13H30N2O6Si/c1-22(19,20)8-4-7-21-10-11(16)9-15-12(13(17)18)5-2-3-6-14/h11-12,15-16,19-20H,2-10,14H2,1H3,(H,17,18)/t11?,12-/m0/s1. The molecule has 0 rings (SSSR count). The van der Waals surface area contributed by atoms with E-state index in [4.69, 9.17) is 15.6 Å². The average Bonchev–Trinajstić information content (AvgIpc) is 2.40. The van der Waals surface area contributed by atoms with E-state index in [-0.39, 0.29) is 13.2 Å². The Labute approximate surface area is 132 Å². The van der Waals surface area contributed by atoms with Crippen molar-refractivity contribution in [1.29, 1.82) is 0 Å². The summed E-state index contributed by atoms with van der Waals surface area (Å²) in [6.45, 7) is 2.51. The lowest BCUT2D eigenvalue weighted by molar-refractivity contribution is -0.139. The van der Waals surface area contributed by atoms with Gasteiger partial charge in [-0.25, -0.2) is 0 Å². The van der Waals surface area contributed by atoms with Crippen molar-refractivity contribution < 1.29 is 29.3 Å². The molecule has 0 spiro atoms. The molecule has 22 heavy (non-hydrogen) atoms. The number of rotatable bonds is 14. The van der Waals surface area contributed by atoms with E-state index in [1.165, 1.54) is 6.55 Å². The molecule has 0 aliphatic carbocycles. The van der Waals surface area contributed by atoms with Gasteiger partial charge in [-0.15, -0.1) is 0 Å². The van der Waals surface area contributed by atoms with Crippen molar-refractivity contribution in [3.05, 3.63) is 0 Å². The van der Waals surface area contributed by atoms with Gasteiger partial charge in [0.2, 0.25) is 0 Å². The Kier molecular flexibility index (Phi) is 11.6. The summed E-state index contributed by atoms with van der Waals surface area (Å²) in [7, 11) is -3.02. The van der Waals surface area contributed by atoms with Crippen LogP contribution < -0.4 is 11.1 Å². The van der Waals surface area contributed by atoms with Crippen LogP contribution in [0.2, 0.25) is 12.6 Å². The van der Waals surface area contributed by atoms with Crippen LogP contribution in [-0.2, 0) is 9.53 Å². The molecule has 0 amide bonds. The minimum atomic E-state index is -3.02. The van der Waals surface area contributed by atoms with Crippen molar-refractivity contribution in [2.45, 2.75) is 50.4 Å². The van der Waals surface area contributed by atoms with Crippen molar-refractivity contribution in [2.24, 2.45) is 5.73 Å². The van der Waals surface area contributed by atoms with E-state index in [0.717, 1.165) is 12.8 Å². The molecule has 0 aliphatic rings. The smallest absolute Gasteiger partial charge is 0.329 e. The summed E-state index contributed by atoms with van der Waals surface area (Å²) in [5.74, 6) is -0.944. The van der Waals surface area contributed by atoms with Crippen LogP contribution in [0.1, 0.15) is 25.7 Å². The predicted octanol–water partition coefficient (Wildman–Crippen LogP) is -1.02. The topological polar surface area (TPSA) is 145 Å². The molecule has 0 radical (unpaired) electrons. The van der Waals surface area contributed by atoms with Gasteiger partial charge in [-0.05, 0) is 38.4 Å². The maximum atomic E-state index is 11.0. The van der Waals surface area contributed by atoms with Crippen LogP contribution in [0.25, 0.3) is 0 Å². The van der Waals surface area contributed by atoms with Crippen molar-refractivity contribution >= 4 is 14.5 Å². The third kappa shape index (κ3) is 13.1. The van der Waals surface area contributed by atoms with Gasteiger partial charge in [0.15, 0.2) is 0 Å². The summed E-state index contributed by atoms with van der Waals surface area (Å²) in [4.78, 5) is 29.5. The second-order valence-electron chi connectivity index (χ2n) is 5.63. The summed E-state index contributed by atoms with van der Waals surface area (Å²) < 4.78 is 5.23. The van der Waals surface area contributed by atoms with Crippen molar-refractivity contribution in [1.82, 2.24) is 5.32 Å². The largest absolute Gasteiger partial charge is 0.480 e. The Hall–Kier alpha value is -0.553. The first kappa shape index (κ1) is 21.4. The van der Waals surface area contributed by atoms with Gasteiger partial charge >= 0.3 is 14.5 Å². The fourth-order valence-electron chi connectivity index (χ4n) is 1.87. The van der Waals surface area contributed by atoms with E-state index < -0.39 is 26.7 Å². The quantitative estimate of drug-likeness (QED) is 0.174. The highest BCUT2D eigenvalue weighted by atomic mass is 28.4. The third-order valence-corrected chi connectivity index (χ3v) is 4.39. The molecule has 0 heterocycles. The predicted molar refractivity (Wildman–Crippen MR) is 84.6 cm³/mol. The molecule has 2 atom stereocenters. The highest BCUT2D eigenvalue weighted by molar-refractivity contribution is 6.63. The number of hydrogen-bond acceptors (Lipinski definition) is 7. The summed E-state index contributed by atoms with van der Waals surface area (Å²) >= 11 is 0. The molecule has 0 aromatic carbocycles. The number of nitrogens with two attached hydrogens (primary N) is 1. The van der Waals surface area contributed by atoms with Gasteiger partial charge in [-0.3, -0.25) is 4.79 Å². The molecule has 8 nitrogen and oxygen atoms in total. The molecule has 0 aliphatic heterocycles. The highest BCUT2D eigenvalue weighted by Gasteiger charge is 2.20. The Morgan fingerprint density at radius 2 is 2.00 bits per heavy atom. The van der Waals surface area contributed by atoms with Crippen molar-refractivity contribution in [3.63, 3.8) is 0 Å². The maximum Gasteiger partial charge on any atom is 0.329 e. The zero-order chi connectivity index (χ0) is 17.0. The van der Waals surface area contributed by atoms with Crippen LogP contribution in [0, 0.1) is 0 Å². The Bertz CT molecular complexity index is 301. The number of nitrogens with one attached hydrogen (secondary N) is 1. The van der Waals surface area contributed by atoms with E-state index in [0.29, 0.717) is 32.0 Å². The lowest BCUT2D eigenvalue weighted by atomic mass is 10.1. The van der Waals surface area contributed by atoms with Gasteiger partial charge in [0.1, 0.15) is 6.04 Å². The molecule has 132 valence electrons. The van der Waals surface area contributed by atoms with E-state index in [9.17, 15) is 19.5 Å². The monoisotopic (exact) mass is 338 g/mol. The summed E-state index contributed by atoms with van der Waals surface area (Å²) in [6.07, 6.45) is 1.68. The van der Waals surface area contributed by atoms with Crippen LogP contribution in [0.4, 0.5) is 0 Å². The zero-order valence-electron chi connectivity index (χ0n) is 13.2. The van der Waals surface area contributed by atoms with E-state index in [1.807, 2.05) is 0 Å². The van der Waals surface area contributed by atoms with Crippen molar-refractivity contribution in [3.8, 4) is 0 Å². The van der Waals surface area contributed by atoms with Crippen LogP contribution in [0.15, 0.2) is 0 Å². The van der Waals surface area contributed by atoms with E-state index in [1.54, 1.807) is 0 Å². The Morgan fingerprint density at radius 1 is 1.32 bits per heavy atom. The number of aliphatic hydroxyl groups is 1. The van der Waals surface area contributed by atoms with Crippen molar-refractivity contribution in [2.75, 3.05) is 26.3 Å². The first-order chi connectivity index (χ1) is 10.3. The number of aliphatic carboxylic acids is 1. The van der Waals surface area contributed by atoms with Gasteiger partial charge in [0.25, 0.3) is 0 Å². The molecule has 1 unspecified atom stereocenters. The molecular formula is C13H30N2O6Si. The van der Waals surface area contributed by atoms with Crippen LogP contribution in [0.3, 0.4) is 0 Å². The molecule has 0 saturated heterocycles. The molecule has 0 fully saturated rings. The number of ether oxygens (including phenoxy) is 1. The lowest BCUT2D eigenvalue weighted by Crippen LogP contribution is -2.42. The van der Waals surface area contributed by atoms with Crippen LogP contribution in [-0.4, -0.2) is 72.8 Å². The van der Waals surface area contributed by atoms with E-state index in [2.05, 4.69) is 5.32 Å². The minimum Gasteiger partial charge on any atom is -0.480 e. The number of hydrogen-bond donors (Lipinski definition) is 6. The number of aliphatic hydroxyl groups excluding tert-OH is 1. The number of carboxylic acid groups (broad SMARTS) is 1. The molecule has 0 saturated carbocycles. The molecule has 0 aromatic rings. The van der Waals surface area contributed by atoms with Gasteiger partial charge in [-0.1, -0.05) is 6.42 Å². The minimum absolute atomic E-state index is 0.0806. The second-order valence-corrected chi connectivity index (χ2v) is 8.57. The van der Waals surface area contributed by atoms with Gasteiger partial charge in [0.05, 0.1) is 12.7 Å². The third-order valence-electron chi connectivity index (χ3n) is 3.09. The molecule has 9 heteroatoms. The molecule has 0 bridgehead atoms.